The molecule has 0 fully saturated rings. The van der Waals surface area contributed by atoms with Gasteiger partial charge in [0.25, 0.3) is 0 Å². The third-order valence-electron chi connectivity index (χ3n) is 5.99. The van der Waals surface area contributed by atoms with Crippen LogP contribution in [0.25, 0.3) is 0 Å². The van der Waals surface area contributed by atoms with Crippen molar-refractivity contribution in [2.45, 2.75) is 91.6 Å². The van der Waals surface area contributed by atoms with Gasteiger partial charge < -0.3 is 14.9 Å². The van der Waals surface area contributed by atoms with Crippen LogP contribution in [0.5, 0.6) is 11.5 Å². The molecule has 1 aliphatic carbocycles. The summed E-state index contributed by atoms with van der Waals surface area (Å²) < 4.78 is 6.30. The van der Waals surface area contributed by atoms with E-state index in [2.05, 4.69) is 33.8 Å². The van der Waals surface area contributed by atoms with Gasteiger partial charge in [-0.15, -0.1) is 0 Å². The van der Waals surface area contributed by atoms with Crippen molar-refractivity contribution in [3.8, 4) is 11.5 Å². The van der Waals surface area contributed by atoms with E-state index in [0.29, 0.717) is 23.3 Å². The molecule has 1 aromatic rings. The number of aromatic hydroxyl groups is 1. The summed E-state index contributed by atoms with van der Waals surface area (Å²) >= 11 is 0. The Kier molecular flexibility index (Phi) is 7.19. The van der Waals surface area contributed by atoms with E-state index in [1.165, 1.54) is 5.57 Å². The van der Waals surface area contributed by atoms with Crippen LogP contribution < -0.4 is 4.74 Å². The van der Waals surface area contributed by atoms with Crippen LogP contribution in [0.15, 0.2) is 17.7 Å². The van der Waals surface area contributed by atoms with Crippen molar-refractivity contribution in [2.24, 2.45) is 5.92 Å². The summed E-state index contributed by atoms with van der Waals surface area (Å²) in [5.41, 5.74) is 2.34. The van der Waals surface area contributed by atoms with E-state index in [0.717, 1.165) is 32.1 Å². The average Bonchev–Trinajstić information content (AvgIpc) is 2.62. The van der Waals surface area contributed by atoms with Gasteiger partial charge in [-0.2, -0.15) is 0 Å². The number of hydrogen-bond acceptors (Lipinski definition) is 3. The van der Waals surface area contributed by atoms with Gasteiger partial charge in [0.05, 0.1) is 0 Å². The fourth-order valence-electron chi connectivity index (χ4n) is 4.61. The quantitative estimate of drug-likeness (QED) is 0.449. The molecule has 0 amide bonds. The molecule has 2 aliphatic rings. The molecule has 1 aromatic carbocycles. The molecule has 0 aromatic heterocycles. The van der Waals surface area contributed by atoms with Crippen LogP contribution in [0.1, 0.15) is 101 Å². The standard InChI is InChI=1S/C22H30O4.C2H6/c1-5-6-7-8-14-12-17-19(20(23)18(14)21(24)25)15-11-13(2)9-10-16(15)22(3,4)26-17;1-2/h11-12,15-16,23H,5-10H2,1-4H3,(H,24,25);1-2H3/t15?,16-;/m1./s1. The van der Waals surface area contributed by atoms with Crippen molar-refractivity contribution in [3.63, 3.8) is 0 Å². The first-order valence-electron chi connectivity index (χ1n) is 10.7. The van der Waals surface area contributed by atoms with Gasteiger partial charge in [-0.25, -0.2) is 4.79 Å². The second kappa shape index (κ2) is 9.02. The van der Waals surface area contributed by atoms with Crippen molar-refractivity contribution in [2.75, 3.05) is 0 Å². The first kappa shape index (κ1) is 22.3. The Labute approximate surface area is 169 Å². The number of allylic oxidation sites excluding steroid dienone is 2. The summed E-state index contributed by atoms with van der Waals surface area (Å²) in [6.45, 7) is 12.4. The highest BCUT2D eigenvalue weighted by atomic mass is 16.5. The van der Waals surface area contributed by atoms with Gasteiger partial charge in [0.2, 0.25) is 0 Å². The minimum absolute atomic E-state index is 0.00490. The molecule has 3 rings (SSSR count). The molecule has 0 radical (unpaired) electrons. The Hall–Kier alpha value is -1.97. The molecule has 1 unspecified atom stereocenters. The molecular weight excluding hydrogens is 352 g/mol. The summed E-state index contributed by atoms with van der Waals surface area (Å²) in [4.78, 5) is 11.9. The summed E-state index contributed by atoms with van der Waals surface area (Å²) in [5, 5.41) is 20.7. The maximum absolute atomic E-state index is 11.9. The zero-order valence-electron chi connectivity index (χ0n) is 18.3. The average molecular weight is 389 g/mol. The monoisotopic (exact) mass is 388 g/mol. The molecule has 156 valence electrons. The van der Waals surface area contributed by atoms with E-state index < -0.39 is 5.97 Å². The van der Waals surface area contributed by atoms with Crippen LogP contribution in [-0.4, -0.2) is 21.8 Å². The normalized spacial score (nSPS) is 22.0. The van der Waals surface area contributed by atoms with Gasteiger partial charge in [-0.3, -0.25) is 0 Å². The smallest absolute Gasteiger partial charge is 0.339 e. The molecule has 4 nitrogen and oxygen atoms in total. The van der Waals surface area contributed by atoms with Crippen molar-refractivity contribution in [3.05, 3.63) is 34.4 Å². The molecule has 4 heteroatoms. The van der Waals surface area contributed by atoms with Gasteiger partial charge in [-0.05, 0) is 58.1 Å². The highest BCUT2D eigenvalue weighted by Gasteiger charge is 2.46. The number of ether oxygens (including phenoxy) is 1. The fraction of sp³-hybridized carbons (Fsp3) is 0.625. The lowest BCUT2D eigenvalue weighted by Crippen LogP contribution is -2.45. The molecule has 1 heterocycles. The van der Waals surface area contributed by atoms with Crippen LogP contribution in [0.4, 0.5) is 0 Å². The number of hydrogen-bond donors (Lipinski definition) is 2. The molecule has 2 N–H and O–H groups in total. The van der Waals surface area contributed by atoms with Gasteiger partial charge in [0.1, 0.15) is 22.7 Å². The largest absolute Gasteiger partial charge is 0.507 e. The number of rotatable bonds is 5. The van der Waals surface area contributed by atoms with E-state index in [1.54, 1.807) is 0 Å². The zero-order chi connectivity index (χ0) is 21.1. The van der Waals surface area contributed by atoms with Crippen LogP contribution >= 0.6 is 0 Å². The molecule has 28 heavy (non-hydrogen) atoms. The number of aromatic carboxylic acids is 1. The summed E-state index contributed by atoms with van der Waals surface area (Å²) in [6, 6.07) is 1.86. The Bertz CT molecular complexity index is 745. The Balaban J connectivity index is 0.00000136. The Morgan fingerprint density at radius 3 is 2.57 bits per heavy atom. The summed E-state index contributed by atoms with van der Waals surface area (Å²) in [5.74, 6) is -0.272. The summed E-state index contributed by atoms with van der Waals surface area (Å²) in [6.07, 6.45) is 7.85. The van der Waals surface area contributed by atoms with Crippen molar-refractivity contribution < 1.29 is 19.7 Å². The third kappa shape index (κ3) is 4.21. The second-order valence-electron chi connectivity index (χ2n) is 8.32. The van der Waals surface area contributed by atoms with Crippen LogP contribution in [0.3, 0.4) is 0 Å². The number of carboxylic acid groups (broad SMARTS) is 1. The number of carboxylic acids is 1. The van der Waals surface area contributed by atoms with Gasteiger partial charge in [-0.1, -0.05) is 45.3 Å². The topological polar surface area (TPSA) is 66.8 Å². The van der Waals surface area contributed by atoms with Gasteiger partial charge in [0.15, 0.2) is 0 Å². The lowest BCUT2D eigenvalue weighted by molar-refractivity contribution is 0.0106. The number of carbonyl (C=O) groups is 1. The maximum Gasteiger partial charge on any atom is 0.339 e. The van der Waals surface area contributed by atoms with E-state index in [-0.39, 0.29) is 28.7 Å². The predicted molar refractivity (Wildman–Crippen MR) is 114 cm³/mol. The molecule has 0 saturated heterocycles. The van der Waals surface area contributed by atoms with E-state index in [9.17, 15) is 15.0 Å². The lowest BCUT2D eigenvalue weighted by atomic mass is 9.67. The number of fused-ring (bicyclic) bond motifs is 3. The first-order chi connectivity index (χ1) is 13.3. The Morgan fingerprint density at radius 2 is 1.96 bits per heavy atom. The number of benzene rings is 1. The SMILES string of the molecule is CC.CCCCCc1cc2c(c(O)c1C(=O)O)C1C=C(C)CC[C@H]1C(C)(C)O2. The van der Waals surface area contributed by atoms with Gasteiger partial charge >= 0.3 is 5.97 Å². The third-order valence-corrected chi connectivity index (χ3v) is 5.99. The highest BCUT2D eigenvalue weighted by molar-refractivity contribution is 5.94. The predicted octanol–water partition coefficient (Wildman–Crippen LogP) is 6.46. The van der Waals surface area contributed by atoms with Crippen molar-refractivity contribution in [1.82, 2.24) is 0 Å². The first-order valence-corrected chi connectivity index (χ1v) is 10.7. The van der Waals surface area contributed by atoms with Crippen LogP contribution in [-0.2, 0) is 6.42 Å². The fourth-order valence-corrected chi connectivity index (χ4v) is 4.61. The maximum atomic E-state index is 11.9. The zero-order valence-corrected chi connectivity index (χ0v) is 18.3. The number of unbranched alkanes of at least 4 members (excludes halogenated alkanes) is 2. The minimum atomic E-state index is -1.06. The summed E-state index contributed by atoms with van der Waals surface area (Å²) in [7, 11) is 0. The minimum Gasteiger partial charge on any atom is -0.507 e. The lowest BCUT2D eigenvalue weighted by Gasteiger charge is -2.46. The van der Waals surface area contributed by atoms with Gasteiger partial charge in [0, 0.05) is 17.4 Å². The number of phenols is 1. The second-order valence-corrected chi connectivity index (χ2v) is 8.32. The van der Waals surface area contributed by atoms with E-state index in [4.69, 9.17) is 4.74 Å². The van der Waals surface area contributed by atoms with E-state index in [1.807, 2.05) is 19.9 Å². The van der Waals surface area contributed by atoms with Crippen molar-refractivity contribution >= 4 is 5.97 Å². The van der Waals surface area contributed by atoms with Crippen LogP contribution in [0, 0.1) is 5.92 Å². The van der Waals surface area contributed by atoms with E-state index >= 15 is 0 Å². The molecule has 0 bridgehead atoms. The Morgan fingerprint density at radius 1 is 1.29 bits per heavy atom. The molecule has 0 spiro atoms. The number of aryl methyl sites for hydroxylation is 1. The molecule has 1 aliphatic heterocycles. The molecule has 2 atom stereocenters. The molecular formula is C24H36O4. The van der Waals surface area contributed by atoms with Crippen molar-refractivity contribution in [1.29, 1.82) is 0 Å². The molecule has 0 saturated carbocycles. The highest BCUT2D eigenvalue weighted by Crippen LogP contribution is 2.54. The van der Waals surface area contributed by atoms with Crippen LogP contribution in [0.2, 0.25) is 0 Å².